The number of benzene rings is 4. The molecule has 42 heavy (non-hydrogen) atoms. The lowest BCUT2D eigenvalue weighted by atomic mass is 9.82. The summed E-state index contributed by atoms with van der Waals surface area (Å²) in [5.41, 5.74) is 3.30. The summed E-state index contributed by atoms with van der Waals surface area (Å²) in [5, 5.41) is 7.52. The topological polar surface area (TPSA) is 51.2 Å². The number of nitrogens with one attached hydrogen (secondary N) is 1. The van der Waals surface area contributed by atoms with E-state index in [0.717, 1.165) is 16.5 Å². The molecule has 8 heteroatoms. The van der Waals surface area contributed by atoms with Gasteiger partial charge in [0.25, 0.3) is 5.91 Å². The number of anilines is 1. The molecule has 5 aromatic rings. The zero-order valence-electron chi connectivity index (χ0n) is 23.6. The van der Waals surface area contributed by atoms with Crippen molar-refractivity contribution in [1.82, 2.24) is 4.98 Å². The lowest BCUT2D eigenvalue weighted by molar-refractivity contribution is 0.0903. The Balaban J connectivity index is 1.64. The fourth-order valence-electron chi connectivity index (χ4n) is 5.15. The fourth-order valence-corrected chi connectivity index (χ4v) is 8.82. The second-order valence-electron chi connectivity index (χ2n) is 11.2. The van der Waals surface area contributed by atoms with Gasteiger partial charge in [-0.3, -0.25) is 9.78 Å². The molecule has 1 unspecified atom stereocenters. The molecule has 1 atom stereocenters. The van der Waals surface area contributed by atoms with Gasteiger partial charge >= 0.3 is 0 Å². The van der Waals surface area contributed by atoms with Crippen molar-refractivity contribution in [2.75, 3.05) is 5.32 Å². The SMILES string of the molecule is CC(C)(C)C(O[SiH](c1ccccc1)c1ccccc1)c1c(CBr)cnc2c(NC(=O)c3c(Cl)cccc3Cl)cccc12. The van der Waals surface area contributed by atoms with Crippen molar-refractivity contribution >= 4 is 81.0 Å². The monoisotopic (exact) mass is 676 g/mol. The lowest BCUT2D eigenvalue weighted by Crippen LogP contribution is -2.47. The number of hydrogen-bond acceptors (Lipinski definition) is 3. The molecule has 0 aliphatic rings. The van der Waals surface area contributed by atoms with Crippen LogP contribution in [0.5, 0.6) is 0 Å². The average molecular weight is 679 g/mol. The molecule has 1 heterocycles. The van der Waals surface area contributed by atoms with Gasteiger partial charge in [0.2, 0.25) is 9.04 Å². The van der Waals surface area contributed by atoms with E-state index >= 15 is 0 Å². The summed E-state index contributed by atoms with van der Waals surface area (Å²) in [6.07, 6.45) is 1.60. The Morgan fingerprint density at radius 1 is 0.881 bits per heavy atom. The average Bonchev–Trinajstić information content (AvgIpc) is 2.98. The highest BCUT2D eigenvalue weighted by molar-refractivity contribution is 9.08. The summed E-state index contributed by atoms with van der Waals surface area (Å²) >= 11 is 16.4. The van der Waals surface area contributed by atoms with Gasteiger partial charge in [-0.15, -0.1) is 0 Å². The van der Waals surface area contributed by atoms with Gasteiger partial charge in [0, 0.05) is 16.9 Å². The summed E-state index contributed by atoms with van der Waals surface area (Å²) in [6.45, 7) is 6.61. The largest absolute Gasteiger partial charge is 0.403 e. The minimum Gasteiger partial charge on any atom is -0.403 e. The molecule has 5 rings (SSSR count). The maximum absolute atomic E-state index is 13.3. The normalized spacial score (nSPS) is 12.5. The standard InChI is InChI=1S/C34H31BrCl2N2O2Si/c1-34(2,3)32(41-42(23-12-6-4-7-13-23)24-14-8-5-9-15-24)29-22(20-35)21-38-31-25(29)16-10-19-28(31)39-33(40)30-26(36)17-11-18-27(30)37/h4-19,21,32,42H,20H2,1-3H3,(H,39,40). The van der Waals surface area contributed by atoms with E-state index in [4.69, 9.17) is 32.6 Å². The second kappa shape index (κ2) is 13.1. The minimum absolute atomic E-state index is 0.227. The van der Waals surface area contributed by atoms with Crippen molar-refractivity contribution in [2.45, 2.75) is 32.2 Å². The van der Waals surface area contributed by atoms with E-state index in [1.807, 2.05) is 36.5 Å². The first-order valence-corrected chi connectivity index (χ1v) is 17.2. The van der Waals surface area contributed by atoms with E-state index in [9.17, 15) is 4.79 Å². The maximum Gasteiger partial charge on any atom is 0.258 e. The van der Waals surface area contributed by atoms with Gasteiger partial charge in [0.05, 0.1) is 32.9 Å². The zero-order valence-corrected chi connectivity index (χ0v) is 27.8. The number of rotatable bonds is 8. The molecule has 4 aromatic carbocycles. The molecule has 0 aliphatic carbocycles. The highest BCUT2D eigenvalue weighted by Gasteiger charge is 2.35. The Kier molecular flexibility index (Phi) is 9.50. The van der Waals surface area contributed by atoms with Gasteiger partial charge in [0.1, 0.15) is 0 Å². The van der Waals surface area contributed by atoms with Crippen LogP contribution in [0, 0.1) is 5.41 Å². The first kappa shape index (κ1) is 30.5. The van der Waals surface area contributed by atoms with Gasteiger partial charge in [-0.05, 0) is 45.1 Å². The molecule has 0 fully saturated rings. The van der Waals surface area contributed by atoms with Crippen LogP contribution in [0.4, 0.5) is 5.69 Å². The Bertz CT molecular complexity index is 1650. The molecule has 0 aliphatic heterocycles. The van der Waals surface area contributed by atoms with Crippen molar-refractivity contribution in [1.29, 1.82) is 0 Å². The summed E-state index contributed by atoms with van der Waals surface area (Å²) < 4.78 is 7.31. The summed E-state index contributed by atoms with van der Waals surface area (Å²) in [4.78, 5) is 18.1. The third kappa shape index (κ3) is 6.48. The number of hydrogen-bond donors (Lipinski definition) is 1. The van der Waals surface area contributed by atoms with Gasteiger partial charge in [0.15, 0.2) is 0 Å². The van der Waals surface area contributed by atoms with Crippen LogP contribution in [0.15, 0.2) is 103 Å². The third-order valence-electron chi connectivity index (χ3n) is 7.13. The molecule has 0 saturated heterocycles. The van der Waals surface area contributed by atoms with Gasteiger partial charge < -0.3 is 9.74 Å². The molecular formula is C34H31BrCl2N2O2Si. The highest BCUT2D eigenvalue weighted by atomic mass is 79.9. The van der Waals surface area contributed by atoms with E-state index in [1.165, 1.54) is 10.4 Å². The first-order chi connectivity index (χ1) is 20.2. The Morgan fingerprint density at radius 3 is 2.00 bits per heavy atom. The lowest BCUT2D eigenvalue weighted by Gasteiger charge is -2.36. The van der Waals surface area contributed by atoms with Crippen LogP contribution < -0.4 is 15.7 Å². The quantitative estimate of drug-likeness (QED) is 0.133. The Hall–Kier alpha value is -3.00. The number of carbonyl (C=O) groups is 1. The summed E-state index contributed by atoms with van der Waals surface area (Å²) in [6, 6.07) is 31.8. The number of nitrogens with zero attached hydrogens (tertiary/aromatic N) is 1. The van der Waals surface area contributed by atoms with Crippen LogP contribution in [0.2, 0.25) is 10.0 Å². The summed E-state index contributed by atoms with van der Waals surface area (Å²) in [7, 11) is -2.11. The zero-order chi connectivity index (χ0) is 29.9. The van der Waals surface area contributed by atoms with E-state index in [0.29, 0.717) is 16.5 Å². The van der Waals surface area contributed by atoms with E-state index in [2.05, 4.69) is 90.5 Å². The predicted octanol–water partition coefficient (Wildman–Crippen LogP) is 8.33. The molecule has 0 spiro atoms. The predicted molar refractivity (Wildman–Crippen MR) is 181 cm³/mol. The van der Waals surface area contributed by atoms with Crippen molar-refractivity contribution < 1.29 is 9.22 Å². The molecule has 0 radical (unpaired) electrons. The van der Waals surface area contributed by atoms with Crippen LogP contribution in [-0.4, -0.2) is 19.9 Å². The second-order valence-corrected chi connectivity index (χ2v) is 14.9. The van der Waals surface area contributed by atoms with Crippen molar-refractivity contribution in [3.8, 4) is 0 Å². The van der Waals surface area contributed by atoms with Crippen molar-refractivity contribution in [3.63, 3.8) is 0 Å². The molecular weight excluding hydrogens is 647 g/mol. The number of aromatic nitrogens is 1. The van der Waals surface area contributed by atoms with Crippen LogP contribution in [0.25, 0.3) is 10.9 Å². The maximum atomic E-state index is 13.3. The van der Waals surface area contributed by atoms with E-state index in [-0.39, 0.29) is 27.1 Å². The molecule has 0 saturated carbocycles. The number of pyridine rings is 1. The van der Waals surface area contributed by atoms with Crippen LogP contribution >= 0.6 is 39.1 Å². The Labute approximate surface area is 266 Å². The number of fused-ring (bicyclic) bond motifs is 1. The van der Waals surface area contributed by atoms with Crippen molar-refractivity contribution in [2.24, 2.45) is 5.41 Å². The Morgan fingerprint density at radius 2 is 1.45 bits per heavy atom. The molecule has 1 amide bonds. The van der Waals surface area contributed by atoms with Gasteiger partial charge in [-0.1, -0.05) is 139 Å². The van der Waals surface area contributed by atoms with Gasteiger partial charge in [-0.2, -0.15) is 0 Å². The minimum atomic E-state index is -2.11. The molecule has 4 nitrogen and oxygen atoms in total. The molecule has 0 bridgehead atoms. The van der Waals surface area contributed by atoms with Crippen LogP contribution in [-0.2, 0) is 9.76 Å². The van der Waals surface area contributed by atoms with Crippen LogP contribution in [0.3, 0.4) is 0 Å². The number of para-hydroxylation sites is 1. The molecule has 1 aromatic heterocycles. The number of carbonyl (C=O) groups excluding carboxylic acids is 1. The summed E-state index contributed by atoms with van der Waals surface area (Å²) in [5.74, 6) is -0.393. The van der Waals surface area contributed by atoms with E-state index < -0.39 is 14.9 Å². The first-order valence-electron chi connectivity index (χ1n) is 13.7. The molecule has 1 N–H and O–H groups in total. The van der Waals surface area contributed by atoms with Crippen molar-refractivity contribution in [3.05, 3.63) is 130 Å². The number of amides is 1. The fraction of sp³-hybridized carbons (Fsp3) is 0.176. The molecule has 214 valence electrons. The highest BCUT2D eigenvalue weighted by Crippen LogP contribution is 2.43. The van der Waals surface area contributed by atoms with Gasteiger partial charge in [-0.25, -0.2) is 0 Å². The smallest absolute Gasteiger partial charge is 0.258 e. The number of halogens is 3. The van der Waals surface area contributed by atoms with E-state index in [1.54, 1.807) is 18.2 Å². The third-order valence-corrected chi connectivity index (χ3v) is 10.9. The van der Waals surface area contributed by atoms with Crippen LogP contribution in [0.1, 0.15) is 48.4 Å². The number of alkyl halides is 1.